The van der Waals surface area contributed by atoms with Crippen molar-refractivity contribution in [1.29, 1.82) is 0 Å². The number of benzene rings is 2. The topological polar surface area (TPSA) is 91.0 Å². The van der Waals surface area contributed by atoms with Crippen LogP contribution in [0.25, 0.3) is 22.9 Å². The largest absolute Gasteiger partial charge is 0.416 e. The van der Waals surface area contributed by atoms with Crippen LogP contribution in [-0.2, 0) is 0 Å². The zero-order valence-electron chi connectivity index (χ0n) is 11.3. The summed E-state index contributed by atoms with van der Waals surface area (Å²) in [6.07, 6.45) is 0. The van der Waals surface area contributed by atoms with Crippen molar-refractivity contribution in [3.8, 4) is 22.9 Å². The molecule has 0 atom stereocenters. The van der Waals surface area contributed by atoms with Crippen LogP contribution >= 0.6 is 46.4 Å². The second-order valence-electron chi connectivity index (χ2n) is 4.62. The Bertz CT molecular complexity index is 838. The molecule has 0 saturated carbocycles. The van der Waals surface area contributed by atoms with Crippen molar-refractivity contribution in [1.82, 2.24) is 10.2 Å². The molecule has 9 heteroatoms. The van der Waals surface area contributed by atoms with Crippen LogP contribution in [0.15, 0.2) is 28.7 Å². The lowest BCUT2D eigenvalue weighted by molar-refractivity contribution is 0.584. The van der Waals surface area contributed by atoms with Gasteiger partial charge in [0, 0.05) is 0 Å². The molecule has 0 aliphatic rings. The van der Waals surface area contributed by atoms with Crippen molar-refractivity contribution in [2.75, 3.05) is 11.5 Å². The summed E-state index contributed by atoms with van der Waals surface area (Å²) >= 11 is 24.1. The lowest BCUT2D eigenvalue weighted by Crippen LogP contribution is -1.89. The minimum absolute atomic E-state index is 0.179. The highest BCUT2D eigenvalue weighted by atomic mass is 35.5. The van der Waals surface area contributed by atoms with Gasteiger partial charge in [0.25, 0.3) is 0 Å². The summed E-state index contributed by atoms with van der Waals surface area (Å²) in [5.41, 5.74) is 13.2. The fraction of sp³-hybridized carbons (Fsp3) is 0. The summed E-state index contributed by atoms with van der Waals surface area (Å²) in [6.45, 7) is 0. The first kappa shape index (κ1) is 16.2. The standard InChI is InChI=1S/C14H8Cl4N4O/c15-7-3-9(17)11(19)1-5(7)13-21-22-14(23-13)6-2-12(20)10(18)4-8(6)16/h1-4H,19-20H2. The van der Waals surface area contributed by atoms with E-state index in [4.69, 9.17) is 62.3 Å². The van der Waals surface area contributed by atoms with Crippen molar-refractivity contribution in [2.24, 2.45) is 0 Å². The van der Waals surface area contributed by atoms with E-state index < -0.39 is 0 Å². The van der Waals surface area contributed by atoms with Crippen LogP contribution in [0.4, 0.5) is 11.4 Å². The van der Waals surface area contributed by atoms with Gasteiger partial charge in [-0.15, -0.1) is 10.2 Å². The summed E-state index contributed by atoms with van der Waals surface area (Å²) in [6, 6.07) is 6.12. The first-order valence-electron chi connectivity index (χ1n) is 6.20. The van der Waals surface area contributed by atoms with Gasteiger partial charge in [0.2, 0.25) is 11.8 Å². The number of rotatable bonds is 2. The van der Waals surface area contributed by atoms with Crippen LogP contribution < -0.4 is 11.5 Å². The summed E-state index contributed by atoms with van der Waals surface area (Å²) < 4.78 is 5.62. The Morgan fingerprint density at radius 1 is 0.652 bits per heavy atom. The maximum atomic E-state index is 6.14. The average molecular weight is 390 g/mol. The Kier molecular flexibility index (Phi) is 4.29. The summed E-state index contributed by atoms with van der Waals surface area (Å²) in [5, 5.41) is 9.26. The molecular weight excluding hydrogens is 382 g/mol. The van der Waals surface area contributed by atoms with E-state index in [0.717, 1.165) is 0 Å². The Morgan fingerprint density at radius 2 is 1.04 bits per heavy atom. The third-order valence-corrected chi connectivity index (χ3v) is 4.34. The molecule has 0 aliphatic heterocycles. The molecule has 0 fully saturated rings. The molecule has 0 amide bonds. The molecule has 0 bridgehead atoms. The molecule has 0 radical (unpaired) electrons. The number of hydrogen-bond acceptors (Lipinski definition) is 5. The summed E-state index contributed by atoms with van der Waals surface area (Å²) in [7, 11) is 0. The van der Waals surface area contributed by atoms with E-state index in [0.29, 0.717) is 42.6 Å². The minimum atomic E-state index is 0.179. The van der Waals surface area contributed by atoms with Crippen molar-refractivity contribution in [3.63, 3.8) is 0 Å². The predicted octanol–water partition coefficient (Wildman–Crippen LogP) is 5.18. The molecule has 23 heavy (non-hydrogen) atoms. The molecule has 2 aromatic carbocycles. The summed E-state index contributed by atoms with van der Waals surface area (Å²) in [5.74, 6) is 0.357. The van der Waals surface area contributed by atoms with E-state index >= 15 is 0 Å². The van der Waals surface area contributed by atoms with Gasteiger partial charge in [-0.05, 0) is 24.3 Å². The zero-order valence-corrected chi connectivity index (χ0v) is 14.3. The van der Waals surface area contributed by atoms with Crippen LogP contribution in [0.2, 0.25) is 20.1 Å². The molecule has 3 aromatic rings. The fourth-order valence-corrected chi connectivity index (χ4v) is 2.83. The SMILES string of the molecule is Nc1cc(-c2nnc(-c3cc(N)c(Cl)cc3Cl)o2)c(Cl)cc1Cl. The zero-order chi connectivity index (χ0) is 16.7. The van der Waals surface area contributed by atoms with Gasteiger partial charge in [-0.3, -0.25) is 0 Å². The number of hydrogen-bond donors (Lipinski definition) is 2. The Hall–Kier alpha value is -1.66. The van der Waals surface area contributed by atoms with Crippen LogP contribution in [0.5, 0.6) is 0 Å². The second kappa shape index (κ2) is 6.09. The van der Waals surface area contributed by atoms with Gasteiger partial charge in [-0.1, -0.05) is 46.4 Å². The predicted molar refractivity (Wildman–Crippen MR) is 94.0 cm³/mol. The number of nitrogens with two attached hydrogens (primary N) is 2. The van der Waals surface area contributed by atoms with Crippen LogP contribution in [0.3, 0.4) is 0 Å². The van der Waals surface area contributed by atoms with E-state index in [2.05, 4.69) is 10.2 Å². The minimum Gasteiger partial charge on any atom is -0.416 e. The Morgan fingerprint density at radius 3 is 1.43 bits per heavy atom. The molecule has 0 aliphatic carbocycles. The van der Waals surface area contributed by atoms with Gasteiger partial charge in [0.1, 0.15) is 0 Å². The van der Waals surface area contributed by atoms with Crippen LogP contribution in [0.1, 0.15) is 0 Å². The normalized spacial score (nSPS) is 11.0. The Labute approximate surface area is 151 Å². The number of anilines is 2. The second-order valence-corrected chi connectivity index (χ2v) is 6.25. The molecule has 0 spiro atoms. The molecule has 1 heterocycles. The molecule has 1 aromatic heterocycles. The van der Waals surface area contributed by atoms with E-state index in [1.165, 1.54) is 12.1 Å². The smallest absolute Gasteiger partial charge is 0.249 e. The molecule has 5 nitrogen and oxygen atoms in total. The lowest BCUT2D eigenvalue weighted by Gasteiger charge is -2.04. The quantitative estimate of drug-likeness (QED) is 0.589. The molecular formula is C14H8Cl4N4O. The third kappa shape index (κ3) is 3.05. The van der Waals surface area contributed by atoms with Gasteiger partial charge < -0.3 is 15.9 Å². The molecule has 0 saturated heterocycles. The highest BCUT2D eigenvalue weighted by Crippen LogP contribution is 2.37. The third-order valence-electron chi connectivity index (χ3n) is 3.06. The number of nitrogen functional groups attached to an aromatic ring is 2. The van der Waals surface area contributed by atoms with Crippen LogP contribution in [-0.4, -0.2) is 10.2 Å². The van der Waals surface area contributed by atoms with Crippen molar-refractivity contribution >= 4 is 57.8 Å². The maximum Gasteiger partial charge on any atom is 0.249 e. The van der Waals surface area contributed by atoms with Crippen LogP contribution in [0, 0.1) is 0 Å². The molecule has 0 unspecified atom stereocenters. The van der Waals surface area contributed by atoms with E-state index in [-0.39, 0.29) is 11.8 Å². The van der Waals surface area contributed by atoms with Crippen molar-refractivity contribution in [2.45, 2.75) is 0 Å². The Balaban J connectivity index is 2.08. The van der Waals surface area contributed by atoms with Gasteiger partial charge in [-0.25, -0.2) is 0 Å². The monoisotopic (exact) mass is 388 g/mol. The molecule has 4 N–H and O–H groups in total. The maximum absolute atomic E-state index is 6.14. The lowest BCUT2D eigenvalue weighted by atomic mass is 10.2. The molecule has 3 rings (SSSR count). The highest BCUT2D eigenvalue weighted by Gasteiger charge is 2.17. The molecule has 118 valence electrons. The highest BCUT2D eigenvalue weighted by molar-refractivity contribution is 6.38. The fourth-order valence-electron chi connectivity index (χ4n) is 1.90. The van der Waals surface area contributed by atoms with Gasteiger partial charge in [-0.2, -0.15) is 0 Å². The van der Waals surface area contributed by atoms with E-state index in [1.54, 1.807) is 12.1 Å². The average Bonchev–Trinajstić information content (AvgIpc) is 2.96. The number of halogens is 4. The first-order chi connectivity index (χ1) is 10.9. The van der Waals surface area contributed by atoms with Gasteiger partial charge in [0.15, 0.2) is 0 Å². The van der Waals surface area contributed by atoms with Crippen molar-refractivity contribution < 1.29 is 4.42 Å². The van der Waals surface area contributed by atoms with Gasteiger partial charge >= 0.3 is 0 Å². The van der Waals surface area contributed by atoms with Gasteiger partial charge in [0.05, 0.1) is 42.6 Å². The van der Waals surface area contributed by atoms with E-state index in [9.17, 15) is 0 Å². The number of nitrogens with zero attached hydrogens (tertiary/aromatic N) is 2. The summed E-state index contributed by atoms with van der Waals surface area (Å²) in [4.78, 5) is 0. The van der Waals surface area contributed by atoms with E-state index in [1.807, 2.05) is 0 Å². The van der Waals surface area contributed by atoms with Crippen molar-refractivity contribution in [3.05, 3.63) is 44.4 Å². The number of aromatic nitrogens is 2. The first-order valence-corrected chi connectivity index (χ1v) is 7.71.